The van der Waals surface area contributed by atoms with Crippen molar-refractivity contribution in [3.8, 4) is 0 Å². The molecule has 0 aromatic heterocycles. The lowest BCUT2D eigenvalue weighted by molar-refractivity contribution is -0.264. The van der Waals surface area contributed by atoms with Crippen LogP contribution in [0.5, 0.6) is 0 Å². The van der Waals surface area contributed by atoms with Crippen LogP contribution in [0.25, 0.3) is 0 Å². The second-order valence-electron chi connectivity index (χ2n) is 6.11. The van der Waals surface area contributed by atoms with E-state index in [2.05, 4.69) is 5.32 Å². The molecule has 0 bridgehead atoms. The first kappa shape index (κ1) is 19.0. The average molecular weight is 332 g/mol. The molecule has 0 spiro atoms. The van der Waals surface area contributed by atoms with Crippen molar-refractivity contribution in [2.75, 3.05) is 6.54 Å². The van der Waals surface area contributed by atoms with Crippen molar-refractivity contribution in [3.63, 3.8) is 0 Å². The Balaban J connectivity index is 2.89. The molecular formula is C15H19F3N2O3. The lowest BCUT2D eigenvalue weighted by atomic mass is 9.93. The molecule has 0 saturated heterocycles. The van der Waals surface area contributed by atoms with Gasteiger partial charge in [0.25, 0.3) is 0 Å². The Bertz CT molecular complexity index is 568. The first-order valence-electron chi connectivity index (χ1n) is 6.82. The van der Waals surface area contributed by atoms with Gasteiger partial charge in [0.2, 0.25) is 5.60 Å². The Morgan fingerprint density at radius 2 is 1.57 bits per heavy atom. The molecule has 0 saturated carbocycles. The number of hydrogen-bond donors (Lipinski definition) is 3. The molecule has 1 aromatic carbocycles. The molecule has 2 amide bonds. The zero-order chi connectivity index (χ0) is 17.9. The van der Waals surface area contributed by atoms with Crippen LogP contribution in [0.2, 0.25) is 0 Å². The lowest BCUT2D eigenvalue weighted by Crippen LogP contribution is -2.54. The summed E-state index contributed by atoms with van der Waals surface area (Å²) < 4.78 is 39.6. The minimum atomic E-state index is -5.03. The summed E-state index contributed by atoms with van der Waals surface area (Å²) in [4.78, 5) is 23.2. The number of carbonyl (C=O) groups is 2. The summed E-state index contributed by atoms with van der Waals surface area (Å²) in [7, 11) is 0. The largest absolute Gasteiger partial charge is 0.423 e. The predicted molar refractivity (Wildman–Crippen MR) is 77.3 cm³/mol. The highest BCUT2D eigenvalue weighted by Gasteiger charge is 2.55. The molecule has 1 aromatic rings. The molecule has 0 radical (unpaired) electrons. The topological polar surface area (TPSA) is 78.4 Å². The third kappa shape index (κ3) is 4.95. The van der Waals surface area contributed by atoms with Crippen LogP contribution in [-0.4, -0.2) is 35.2 Å². The van der Waals surface area contributed by atoms with Crippen LogP contribution < -0.4 is 10.6 Å². The highest BCUT2D eigenvalue weighted by molar-refractivity contribution is 6.35. The highest BCUT2D eigenvalue weighted by atomic mass is 19.4. The maximum atomic E-state index is 13.2. The Morgan fingerprint density at radius 3 is 2.00 bits per heavy atom. The maximum absolute atomic E-state index is 13.2. The number of nitrogens with one attached hydrogen (secondary N) is 2. The van der Waals surface area contributed by atoms with Gasteiger partial charge in [-0.2, -0.15) is 13.2 Å². The summed E-state index contributed by atoms with van der Waals surface area (Å²) in [6.45, 7) is 3.69. The van der Waals surface area contributed by atoms with Gasteiger partial charge in [0, 0.05) is 5.54 Å². The lowest BCUT2D eigenvalue weighted by Gasteiger charge is -2.31. The fourth-order valence-electron chi connectivity index (χ4n) is 1.77. The van der Waals surface area contributed by atoms with Crippen LogP contribution in [0.15, 0.2) is 30.3 Å². The number of benzene rings is 1. The van der Waals surface area contributed by atoms with Crippen molar-refractivity contribution in [1.29, 1.82) is 0 Å². The van der Waals surface area contributed by atoms with Gasteiger partial charge in [0.15, 0.2) is 0 Å². The minimum Gasteiger partial charge on any atom is -0.375 e. The van der Waals surface area contributed by atoms with Gasteiger partial charge in [-0.25, -0.2) is 0 Å². The molecule has 0 fully saturated rings. The van der Waals surface area contributed by atoms with Crippen molar-refractivity contribution in [2.45, 2.75) is 38.1 Å². The summed E-state index contributed by atoms with van der Waals surface area (Å²) in [5.74, 6) is -2.33. The smallest absolute Gasteiger partial charge is 0.375 e. The Labute approximate surface area is 131 Å². The highest BCUT2D eigenvalue weighted by Crippen LogP contribution is 2.38. The van der Waals surface area contributed by atoms with E-state index >= 15 is 0 Å². The molecule has 0 aliphatic heterocycles. The van der Waals surface area contributed by atoms with E-state index in [1.807, 2.05) is 5.32 Å². The third-order valence-electron chi connectivity index (χ3n) is 2.92. The molecule has 0 aliphatic carbocycles. The molecule has 128 valence electrons. The first-order chi connectivity index (χ1) is 10.4. The van der Waals surface area contributed by atoms with Crippen LogP contribution in [0.4, 0.5) is 13.2 Å². The number of aliphatic hydroxyl groups is 1. The molecular weight excluding hydrogens is 313 g/mol. The van der Waals surface area contributed by atoms with E-state index in [1.165, 1.54) is 18.2 Å². The molecule has 23 heavy (non-hydrogen) atoms. The number of rotatable bonds is 3. The van der Waals surface area contributed by atoms with E-state index < -0.39 is 41.2 Å². The van der Waals surface area contributed by atoms with Crippen molar-refractivity contribution in [2.24, 2.45) is 0 Å². The van der Waals surface area contributed by atoms with Gasteiger partial charge in [0.05, 0.1) is 6.54 Å². The summed E-state index contributed by atoms with van der Waals surface area (Å²) in [6.07, 6.45) is -5.03. The SMILES string of the molecule is CC(C)(C)NC(=O)C(=O)NCC(O)(c1ccccc1)C(F)(F)F. The monoisotopic (exact) mass is 332 g/mol. The Morgan fingerprint density at radius 1 is 1.04 bits per heavy atom. The van der Waals surface area contributed by atoms with E-state index in [9.17, 15) is 27.9 Å². The van der Waals surface area contributed by atoms with Crippen LogP contribution in [-0.2, 0) is 15.2 Å². The number of halogens is 3. The van der Waals surface area contributed by atoms with Crippen LogP contribution >= 0.6 is 0 Å². The number of hydrogen-bond acceptors (Lipinski definition) is 3. The van der Waals surface area contributed by atoms with Gasteiger partial charge in [-0.05, 0) is 26.3 Å². The zero-order valence-corrected chi connectivity index (χ0v) is 13.0. The first-order valence-corrected chi connectivity index (χ1v) is 6.82. The van der Waals surface area contributed by atoms with E-state index in [0.29, 0.717) is 0 Å². The molecule has 0 heterocycles. The normalized spacial score (nSPS) is 14.7. The van der Waals surface area contributed by atoms with Crippen LogP contribution in [0.1, 0.15) is 26.3 Å². The van der Waals surface area contributed by atoms with Gasteiger partial charge in [-0.1, -0.05) is 30.3 Å². The third-order valence-corrected chi connectivity index (χ3v) is 2.92. The van der Waals surface area contributed by atoms with Gasteiger partial charge < -0.3 is 15.7 Å². The summed E-state index contributed by atoms with van der Waals surface area (Å²) in [5, 5.41) is 14.2. The number of alkyl halides is 3. The van der Waals surface area contributed by atoms with Gasteiger partial charge >= 0.3 is 18.0 Å². The molecule has 1 atom stereocenters. The maximum Gasteiger partial charge on any atom is 0.423 e. The van der Waals surface area contributed by atoms with Gasteiger partial charge in [-0.3, -0.25) is 9.59 Å². The van der Waals surface area contributed by atoms with Crippen LogP contribution in [0.3, 0.4) is 0 Å². The van der Waals surface area contributed by atoms with Crippen LogP contribution in [0, 0.1) is 0 Å². The molecule has 1 unspecified atom stereocenters. The Kier molecular flexibility index (Phi) is 5.42. The summed E-state index contributed by atoms with van der Waals surface area (Å²) >= 11 is 0. The molecule has 1 rings (SSSR count). The van der Waals surface area contributed by atoms with E-state index in [4.69, 9.17) is 0 Å². The molecule has 8 heteroatoms. The van der Waals surface area contributed by atoms with Crippen molar-refractivity contribution >= 4 is 11.8 Å². The second-order valence-corrected chi connectivity index (χ2v) is 6.11. The summed E-state index contributed by atoms with van der Waals surface area (Å²) in [5.41, 5.74) is -4.43. The molecule has 3 N–H and O–H groups in total. The summed E-state index contributed by atoms with van der Waals surface area (Å²) in [6, 6.07) is 6.35. The van der Waals surface area contributed by atoms with Gasteiger partial charge in [-0.15, -0.1) is 0 Å². The van der Waals surface area contributed by atoms with E-state index in [1.54, 1.807) is 20.8 Å². The molecule has 0 aliphatic rings. The standard InChI is InChI=1S/C15H19F3N2O3/c1-13(2,3)20-12(22)11(21)19-9-14(23,15(16,17)18)10-7-5-4-6-8-10/h4-8,23H,9H2,1-3H3,(H,19,21)(H,20,22). The zero-order valence-electron chi connectivity index (χ0n) is 13.0. The Hall–Kier alpha value is -2.09. The molecule has 5 nitrogen and oxygen atoms in total. The quantitative estimate of drug-likeness (QED) is 0.734. The number of carbonyl (C=O) groups excluding carboxylic acids is 2. The minimum absolute atomic E-state index is 0.427. The predicted octanol–water partition coefficient (Wildman–Crippen LogP) is 1.47. The van der Waals surface area contributed by atoms with Crippen molar-refractivity contribution < 1.29 is 27.9 Å². The second kappa shape index (κ2) is 6.57. The van der Waals surface area contributed by atoms with Crippen molar-refractivity contribution in [3.05, 3.63) is 35.9 Å². The van der Waals surface area contributed by atoms with Gasteiger partial charge in [0.1, 0.15) is 0 Å². The number of amides is 2. The van der Waals surface area contributed by atoms with E-state index in [-0.39, 0.29) is 0 Å². The fourth-order valence-corrected chi connectivity index (χ4v) is 1.77. The van der Waals surface area contributed by atoms with Crippen molar-refractivity contribution in [1.82, 2.24) is 10.6 Å². The van der Waals surface area contributed by atoms with E-state index in [0.717, 1.165) is 12.1 Å². The average Bonchev–Trinajstić information content (AvgIpc) is 2.42. The fraction of sp³-hybridized carbons (Fsp3) is 0.467.